The molecule has 0 aromatic carbocycles. The molecule has 0 radical (unpaired) electrons. The highest BCUT2D eigenvalue weighted by atomic mass is 16.1. The van der Waals surface area contributed by atoms with Crippen LogP contribution in [0, 0.1) is 0 Å². The summed E-state index contributed by atoms with van der Waals surface area (Å²) in [4.78, 5) is 16.2. The highest BCUT2D eigenvalue weighted by Crippen LogP contribution is 2.18. The van der Waals surface area contributed by atoms with Crippen molar-refractivity contribution >= 4 is 5.91 Å². The Morgan fingerprint density at radius 3 is 3.00 bits per heavy atom. The van der Waals surface area contributed by atoms with Gasteiger partial charge in [0.1, 0.15) is 11.5 Å². The van der Waals surface area contributed by atoms with E-state index in [1.54, 1.807) is 24.4 Å². The molecule has 3 heterocycles. The van der Waals surface area contributed by atoms with Crippen LogP contribution in [0.4, 0.5) is 0 Å². The highest BCUT2D eigenvalue weighted by molar-refractivity contribution is 5.92. The Bertz CT molecular complexity index is 622. The molecule has 0 spiro atoms. The average Bonchev–Trinajstić information content (AvgIpc) is 2.77. The molecule has 6 heteroatoms. The Balaban J connectivity index is 1.75. The summed E-state index contributed by atoms with van der Waals surface area (Å²) in [7, 11) is 0. The van der Waals surface area contributed by atoms with E-state index in [1.165, 1.54) is 6.42 Å². The molecule has 3 rings (SSSR count). The lowest BCUT2D eigenvalue weighted by Gasteiger charge is -2.15. The van der Waals surface area contributed by atoms with Gasteiger partial charge in [0.15, 0.2) is 5.82 Å². The molecular weight excluding hydrogens is 266 g/mol. The van der Waals surface area contributed by atoms with Crippen LogP contribution in [-0.2, 0) is 13.0 Å². The van der Waals surface area contributed by atoms with Gasteiger partial charge < -0.3 is 9.88 Å². The number of hydrogen-bond acceptors (Lipinski definition) is 4. The lowest BCUT2D eigenvalue weighted by Crippen LogP contribution is -2.29. The third kappa shape index (κ3) is 2.94. The van der Waals surface area contributed by atoms with Crippen LogP contribution >= 0.6 is 0 Å². The first-order chi connectivity index (χ1) is 10.3. The maximum atomic E-state index is 12.2. The number of amides is 1. The summed E-state index contributed by atoms with van der Waals surface area (Å²) in [5.41, 5.74) is 0.417. The van der Waals surface area contributed by atoms with Crippen molar-refractivity contribution in [3.63, 3.8) is 0 Å². The molecule has 6 nitrogen and oxygen atoms in total. The molecule has 110 valence electrons. The molecule has 1 N–H and O–H groups in total. The number of carbonyl (C=O) groups excluding carboxylic acids is 1. The van der Waals surface area contributed by atoms with Gasteiger partial charge in [0.2, 0.25) is 0 Å². The summed E-state index contributed by atoms with van der Waals surface area (Å²) in [6.07, 6.45) is 6.10. The summed E-state index contributed by atoms with van der Waals surface area (Å²) in [5.74, 6) is 1.67. The monoisotopic (exact) mass is 285 g/mol. The van der Waals surface area contributed by atoms with Gasteiger partial charge >= 0.3 is 0 Å². The third-order valence-electron chi connectivity index (χ3n) is 3.77. The number of carbonyl (C=O) groups is 1. The van der Waals surface area contributed by atoms with Crippen LogP contribution in [0.5, 0.6) is 0 Å². The van der Waals surface area contributed by atoms with Crippen molar-refractivity contribution in [2.75, 3.05) is 0 Å². The first-order valence-electron chi connectivity index (χ1n) is 7.39. The van der Waals surface area contributed by atoms with Gasteiger partial charge in [0.25, 0.3) is 5.91 Å². The number of nitrogens with zero attached hydrogens (tertiary/aromatic N) is 4. The van der Waals surface area contributed by atoms with Crippen LogP contribution in [0.2, 0.25) is 0 Å². The zero-order chi connectivity index (χ0) is 14.7. The molecular formula is C15H19N5O. The second-order valence-electron chi connectivity index (χ2n) is 5.35. The Kier molecular flexibility index (Phi) is 3.94. The minimum Gasteiger partial charge on any atom is -0.341 e. The lowest BCUT2D eigenvalue weighted by molar-refractivity contribution is 0.0932. The fourth-order valence-corrected chi connectivity index (χ4v) is 2.66. The summed E-state index contributed by atoms with van der Waals surface area (Å²) >= 11 is 0. The molecule has 0 fully saturated rings. The fourth-order valence-electron chi connectivity index (χ4n) is 2.66. The van der Waals surface area contributed by atoms with E-state index in [4.69, 9.17) is 0 Å². The van der Waals surface area contributed by atoms with Crippen molar-refractivity contribution < 1.29 is 4.79 Å². The van der Waals surface area contributed by atoms with E-state index < -0.39 is 0 Å². The molecule has 2 aromatic heterocycles. The van der Waals surface area contributed by atoms with Gasteiger partial charge in [-0.05, 0) is 31.9 Å². The third-order valence-corrected chi connectivity index (χ3v) is 3.77. The van der Waals surface area contributed by atoms with Gasteiger partial charge in [-0.25, -0.2) is 0 Å². The molecule has 1 aliphatic rings. The maximum absolute atomic E-state index is 12.2. The Labute approximate surface area is 123 Å². The highest BCUT2D eigenvalue weighted by Gasteiger charge is 2.21. The van der Waals surface area contributed by atoms with E-state index in [2.05, 4.69) is 25.1 Å². The molecule has 1 atom stereocenters. The second kappa shape index (κ2) is 6.03. The Morgan fingerprint density at radius 1 is 1.29 bits per heavy atom. The van der Waals surface area contributed by atoms with Gasteiger partial charge in [-0.2, -0.15) is 0 Å². The summed E-state index contributed by atoms with van der Waals surface area (Å²) in [5, 5.41) is 11.5. The van der Waals surface area contributed by atoms with Crippen molar-refractivity contribution in [1.29, 1.82) is 0 Å². The molecule has 0 unspecified atom stereocenters. The summed E-state index contributed by atoms with van der Waals surface area (Å²) in [6, 6.07) is 5.11. The normalized spacial score (nSPS) is 15.9. The molecule has 1 aliphatic heterocycles. The van der Waals surface area contributed by atoms with E-state index in [0.717, 1.165) is 37.5 Å². The molecule has 1 amide bonds. The van der Waals surface area contributed by atoms with Gasteiger partial charge in [-0.15, -0.1) is 10.2 Å². The molecule has 0 saturated heterocycles. The number of hydrogen-bond donors (Lipinski definition) is 1. The standard InChI is InChI=1S/C15H19N5O/c1-11(17-15(21)12-7-4-5-9-16-12)14-19-18-13-8-3-2-6-10-20(13)14/h4-5,7,9,11H,2-3,6,8,10H2,1H3,(H,17,21)/t11-/m1/s1. The van der Waals surface area contributed by atoms with Crippen molar-refractivity contribution in [1.82, 2.24) is 25.1 Å². The molecule has 2 aromatic rings. The van der Waals surface area contributed by atoms with Crippen LogP contribution in [0.3, 0.4) is 0 Å². The quantitative estimate of drug-likeness (QED) is 0.934. The van der Waals surface area contributed by atoms with Crippen LogP contribution in [0.1, 0.15) is 54.4 Å². The Hall–Kier alpha value is -2.24. The largest absolute Gasteiger partial charge is 0.341 e. The predicted octanol–water partition coefficient (Wildman–Crippen LogP) is 1.89. The van der Waals surface area contributed by atoms with Crippen LogP contribution in [0.15, 0.2) is 24.4 Å². The minimum atomic E-state index is -0.186. The topological polar surface area (TPSA) is 72.7 Å². The summed E-state index contributed by atoms with van der Waals surface area (Å²) in [6.45, 7) is 2.87. The number of rotatable bonds is 3. The SMILES string of the molecule is C[C@@H](NC(=O)c1ccccn1)c1nnc2n1CCCCC2. The molecule has 0 saturated carbocycles. The maximum Gasteiger partial charge on any atom is 0.270 e. The van der Waals surface area contributed by atoms with Crippen LogP contribution in [0.25, 0.3) is 0 Å². The van der Waals surface area contributed by atoms with E-state index in [9.17, 15) is 4.79 Å². The predicted molar refractivity (Wildman–Crippen MR) is 77.7 cm³/mol. The number of nitrogens with one attached hydrogen (secondary N) is 1. The average molecular weight is 285 g/mol. The molecule has 0 bridgehead atoms. The number of pyridine rings is 1. The first kappa shape index (κ1) is 13.7. The smallest absolute Gasteiger partial charge is 0.270 e. The van der Waals surface area contributed by atoms with Gasteiger partial charge in [0.05, 0.1) is 6.04 Å². The van der Waals surface area contributed by atoms with Crippen LogP contribution < -0.4 is 5.32 Å². The summed E-state index contributed by atoms with van der Waals surface area (Å²) < 4.78 is 2.15. The van der Waals surface area contributed by atoms with Gasteiger partial charge in [-0.1, -0.05) is 12.5 Å². The van der Waals surface area contributed by atoms with Crippen molar-refractivity contribution in [3.05, 3.63) is 41.7 Å². The van der Waals surface area contributed by atoms with Gasteiger partial charge in [0, 0.05) is 19.2 Å². The van der Waals surface area contributed by atoms with Crippen molar-refractivity contribution in [2.24, 2.45) is 0 Å². The number of aryl methyl sites for hydroxylation is 1. The zero-order valence-electron chi connectivity index (χ0n) is 12.1. The van der Waals surface area contributed by atoms with E-state index >= 15 is 0 Å². The van der Waals surface area contributed by atoms with Crippen molar-refractivity contribution in [3.8, 4) is 0 Å². The van der Waals surface area contributed by atoms with Crippen molar-refractivity contribution in [2.45, 2.75) is 45.2 Å². The second-order valence-corrected chi connectivity index (χ2v) is 5.35. The van der Waals surface area contributed by atoms with E-state index in [1.807, 2.05) is 6.92 Å². The lowest BCUT2D eigenvalue weighted by atomic mass is 10.2. The number of aromatic nitrogens is 4. The molecule has 0 aliphatic carbocycles. The minimum absolute atomic E-state index is 0.182. The van der Waals surface area contributed by atoms with Gasteiger partial charge in [-0.3, -0.25) is 9.78 Å². The first-order valence-corrected chi connectivity index (χ1v) is 7.39. The van der Waals surface area contributed by atoms with E-state index in [0.29, 0.717) is 5.69 Å². The molecule has 21 heavy (non-hydrogen) atoms. The van der Waals surface area contributed by atoms with Crippen LogP contribution in [-0.4, -0.2) is 25.7 Å². The zero-order valence-corrected chi connectivity index (χ0v) is 12.1. The number of fused-ring (bicyclic) bond motifs is 1. The fraction of sp³-hybridized carbons (Fsp3) is 0.467. The Morgan fingerprint density at radius 2 is 2.19 bits per heavy atom. The van der Waals surface area contributed by atoms with E-state index in [-0.39, 0.29) is 11.9 Å².